The van der Waals surface area contributed by atoms with E-state index in [2.05, 4.69) is 4.74 Å². The molecule has 0 radical (unpaired) electrons. The predicted molar refractivity (Wildman–Crippen MR) is 71.5 cm³/mol. The van der Waals surface area contributed by atoms with Crippen molar-refractivity contribution in [2.45, 2.75) is 73.3 Å². The molecule has 0 atom stereocenters. The molecule has 0 aliphatic heterocycles. The van der Waals surface area contributed by atoms with Crippen LogP contribution in [0, 0.1) is 0 Å². The molecule has 0 aliphatic rings. The fourth-order valence-electron chi connectivity index (χ4n) is 1.89. The minimum atomic E-state index is -9.02. The third-order valence-corrected chi connectivity index (χ3v) is 4.10. The van der Waals surface area contributed by atoms with Gasteiger partial charge in [0.25, 0.3) is 0 Å². The molecule has 21 heteroatoms. The van der Waals surface area contributed by atoms with Gasteiger partial charge in [0, 0.05) is 0 Å². The first-order chi connectivity index (χ1) is 15.0. The largest absolute Gasteiger partial charge is 0.461 e. The van der Waals surface area contributed by atoms with Crippen molar-refractivity contribution in [3.63, 3.8) is 0 Å². The summed E-state index contributed by atoms with van der Waals surface area (Å²) < 4.78 is 252. The van der Waals surface area contributed by atoms with Crippen molar-refractivity contribution in [1.82, 2.24) is 0 Å². The number of rotatable bonds is 11. The van der Waals surface area contributed by atoms with Gasteiger partial charge < -0.3 is 4.74 Å². The summed E-state index contributed by atoms with van der Waals surface area (Å²) in [5.74, 6) is -72.0. The highest BCUT2D eigenvalue weighted by atomic mass is 19.4. The van der Waals surface area contributed by atoms with Crippen molar-refractivity contribution in [2.24, 2.45) is 0 Å². The van der Waals surface area contributed by atoms with Crippen molar-refractivity contribution >= 4 is 5.97 Å². The Hall–Kier alpha value is -1.86. The van der Waals surface area contributed by atoms with Gasteiger partial charge in [-0.15, -0.1) is 0 Å². The van der Waals surface area contributed by atoms with Gasteiger partial charge in [-0.1, -0.05) is 13.3 Å². The number of carbonyl (C=O) groups excluding carboxylic acids is 1. The van der Waals surface area contributed by atoms with Crippen LogP contribution < -0.4 is 0 Å². The van der Waals surface area contributed by atoms with Gasteiger partial charge in [-0.05, 0) is 6.42 Å². The van der Waals surface area contributed by atoms with Crippen LogP contribution in [0.1, 0.15) is 19.8 Å². The molecule has 2 nitrogen and oxygen atoms in total. The van der Waals surface area contributed by atoms with Crippen LogP contribution in [0.4, 0.5) is 83.4 Å². The molecule has 0 fully saturated rings. The van der Waals surface area contributed by atoms with E-state index in [-0.39, 0.29) is 6.42 Å². The van der Waals surface area contributed by atoms with Gasteiger partial charge in [-0.2, -0.15) is 83.4 Å². The molecule has 35 heavy (non-hydrogen) atoms. The lowest BCUT2D eigenvalue weighted by Gasteiger charge is -2.43. The molecule has 0 aliphatic carbocycles. The molecule has 0 saturated carbocycles. The monoisotopic (exact) mass is 570 g/mol. The highest BCUT2D eigenvalue weighted by Crippen LogP contribution is 2.65. The predicted octanol–water partition coefficient (Wildman–Crippen LogP) is 6.97. The average molecular weight is 570 g/mol. The Bertz CT molecular complexity index is 766. The number of hydrogen-bond acceptors (Lipinski definition) is 2. The van der Waals surface area contributed by atoms with Crippen LogP contribution in [-0.2, 0) is 9.53 Å². The summed E-state index contributed by atoms with van der Waals surface area (Å²) in [7, 11) is 0. The lowest BCUT2D eigenvalue weighted by molar-refractivity contribution is -0.467. The van der Waals surface area contributed by atoms with E-state index in [1.807, 2.05) is 0 Å². The Morgan fingerprint density at radius 3 is 1.09 bits per heavy atom. The van der Waals surface area contributed by atoms with Crippen LogP contribution in [0.2, 0.25) is 0 Å². The first-order valence-electron chi connectivity index (χ1n) is 8.24. The van der Waals surface area contributed by atoms with Crippen LogP contribution in [0.3, 0.4) is 0 Å². The number of ether oxygens (including phenoxy) is 1. The van der Waals surface area contributed by atoms with Crippen LogP contribution >= 0.6 is 0 Å². The van der Waals surface area contributed by atoms with E-state index in [0.717, 1.165) is 0 Å². The Morgan fingerprint density at radius 1 is 0.514 bits per heavy atom. The quantitative estimate of drug-likeness (QED) is 0.152. The second kappa shape index (κ2) is 8.91. The maximum Gasteiger partial charge on any atom is 0.460 e. The van der Waals surface area contributed by atoms with Crippen LogP contribution in [0.25, 0.3) is 0 Å². The summed E-state index contributed by atoms with van der Waals surface area (Å²) >= 11 is 0. The zero-order chi connectivity index (χ0) is 28.9. The fourth-order valence-corrected chi connectivity index (χ4v) is 1.89. The summed E-state index contributed by atoms with van der Waals surface area (Å²) in [6, 6.07) is 0. The molecule has 0 aromatic carbocycles. The molecule has 210 valence electrons. The number of carbonyl (C=O) groups is 1. The van der Waals surface area contributed by atoms with E-state index in [1.165, 1.54) is 6.92 Å². The van der Waals surface area contributed by atoms with Crippen LogP contribution in [0.15, 0.2) is 0 Å². The highest BCUT2D eigenvalue weighted by Gasteiger charge is 2.97. The Morgan fingerprint density at radius 2 is 0.800 bits per heavy atom. The Kier molecular flexibility index (Phi) is 8.44. The number of unbranched alkanes of at least 4 members (excludes halogenated alkanes) is 1. The molecule has 0 spiro atoms. The standard InChI is InChI=1S/C14H9F19O2/c1-2-3-4-35-5(34)6(15,16)7(17,18)8(19,20)9(21,22)10(23,24)11(25,26)12(27,28)13(29,30)14(31,32)33/h2-4H2,1H3. The topological polar surface area (TPSA) is 26.3 Å². The number of halogens is 19. The SMILES string of the molecule is CCCCOC(=O)C(F)(F)C(F)(F)C(F)(F)C(F)(F)C(F)(F)C(F)(F)C(F)(F)C(F)(F)C(F)(F)F. The molecule has 0 aromatic heterocycles. The molecule has 0 amide bonds. The van der Waals surface area contributed by atoms with Gasteiger partial charge in [0.2, 0.25) is 0 Å². The number of hydrogen-bond donors (Lipinski definition) is 0. The van der Waals surface area contributed by atoms with E-state index in [4.69, 9.17) is 0 Å². The van der Waals surface area contributed by atoms with Crippen molar-refractivity contribution in [3.05, 3.63) is 0 Å². The van der Waals surface area contributed by atoms with E-state index in [9.17, 15) is 88.2 Å². The first kappa shape index (κ1) is 33.1. The van der Waals surface area contributed by atoms with Gasteiger partial charge in [0.1, 0.15) is 0 Å². The minimum Gasteiger partial charge on any atom is -0.461 e. The molecule has 0 saturated heterocycles. The van der Waals surface area contributed by atoms with Gasteiger partial charge in [0.15, 0.2) is 0 Å². The maximum absolute atomic E-state index is 13.5. The van der Waals surface area contributed by atoms with Crippen LogP contribution in [0.5, 0.6) is 0 Å². The van der Waals surface area contributed by atoms with Crippen molar-refractivity contribution in [2.75, 3.05) is 6.61 Å². The summed E-state index contributed by atoms with van der Waals surface area (Å²) in [5, 5.41) is 0. The van der Waals surface area contributed by atoms with Crippen LogP contribution in [-0.4, -0.2) is 66.1 Å². The summed E-state index contributed by atoms with van der Waals surface area (Å²) in [5.41, 5.74) is 0. The maximum atomic E-state index is 13.5. The molecular weight excluding hydrogens is 561 g/mol. The normalized spacial score (nSPS) is 15.9. The Labute approximate surface area is 180 Å². The second-order valence-corrected chi connectivity index (χ2v) is 6.58. The number of esters is 1. The van der Waals surface area contributed by atoms with Crippen molar-refractivity contribution < 1.29 is 92.9 Å². The summed E-state index contributed by atoms with van der Waals surface area (Å²) in [6.07, 6.45) is -8.47. The second-order valence-electron chi connectivity index (χ2n) is 6.58. The molecule has 0 aromatic rings. The molecule has 0 unspecified atom stereocenters. The first-order valence-corrected chi connectivity index (χ1v) is 8.24. The van der Waals surface area contributed by atoms with E-state index in [0.29, 0.717) is 0 Å². The summed E-state index contributed by atoms with van der Waals surface area (Å²) in [4.78, 5) is 10.9. The molecule has 0 N–H and O–H groups in total. The van der Waals surface area contributed by atoms with E-state index < -0.39 is 72.6 Å². The zero-order valence-corrected chi connectivity index (χ0v) is 16.1. The molecular formula is C14H9F19O2. The highest BCUT2D eigenvalue weighted by molar-refractivity contribution is 5.79. The molecule has 0 heterocycles. The van der Waals surface area contributed by atoms with E-state index in [1.54, 1.807) is 0 Å². The van der Waals surface area contributed by atoms with Crippen molar-refractivity contribution in [3.8, 4) is 0 Å². The minimum absolute atomic E-state index is 0.0679. The zero-order valence-electron chi connectivity index (χ0n) is 16.1. The van der Waals surface area contributed by atoms with Crippen molar-refractivity contribution in [1.29, 1.82) is 0 Å². The smallest absolute Gasteiger partial charge is 0.460 e. The van der Waals surface area contributed by atoms with E-state index >= 15 is 0 Å². The lowest BCUT2D eigenvalue weighted by atomic mass is 9.87. The fraction of sp³-hybridized carbons (Fsp3) is 0.929. The Balaban J connectivity index is 6.77. The number of alkyl halides is 19. The lowest BCUT2D eigenvalue weighted by Crippen LogP contribution is -2.76. The third kappa shape index (κ3) is 4.43. The third-order valence-electron chi connectivity index (χ3n) is 4.10. The van der Waals surface area contributed by atoms with Gasteiger partial charge >= 0.3 is 59.5 Å². The summed E-state index contributed by atoms with van der Waals surface area (Å²) in [6.45, 7) is -0.0639. The average Bonchev–Trinajstić information content (AvgIpc) is 2.65. The van der Waals surface area contributed by atoms with Gasteiger partial charge in [-0.25, -0.2) is 4.79 Å². The molecule has 0 rings (SSSR count). The van der Waals surface area contributed by atoms with Gasteiger partial charge in [0.05, 0.1) is 6.61 Å². The molecule has 0 bridgehead atoms. The van der Waals surface area contributed by atoms with Gasteiger partial charge in [-0.3, -0.25) is 0 Å².